The molecule has 190 valence electrons. The Morgan fingerprint density at radius 1 is 0.939 bits per heavy atom. The lowest BCUT2D eigenvalue weighted by Gasteiger charge is -2.43. The van der Waals surface area contributed by atoms with Crippen molar-refractivity contribution in [3.63, 3.8) is 0 Å². The fourth-order valence-electron chi connectivity index (χ4n) is 3.00. The van der Waals surface area contributed by atoms with Crippen LogP contribution in [-0.2, 0) is 5.41 Å². The predicted octanol–water partition coefficient (Wildman–Crippen LogP) is 7.86. The van der Waals surface area contributed by atoms with E-state index in [4.69, 9.17) is 4.74 Å². The summed E-state index contributed by atoms with van der Waals surface area (Å²) in [6, 6.07) is 2.98. The van der Waals surface area contributed by atoms with Crippen LogP contribution >= 0.6 is 0 Å². The van der Waals surface area contributed by atoms with Gasteiger partial charge in [-0.15, -0.1) is 0 Å². The quantitative estimate of drug-likeness (QED) is 0.429. The number of hydrogen-bond acceptors (Lipinski definition) is 3. The molecule has 1 atom stereocenters. The Kier molecular flexibility index (Phi) is 14.3. The number of halogens is 6. The molecule has 0 aromatic heterocycles. The van der Waals surface area contributed by atoms with Crippen molar-refractivity contribution in [3.05, 3.63) is 53.8 Å². The maximum atomic E-state index is 13.9. The minimum absolute atomic E-state index is 0.215. The van der Waals surface area contributed by atoms with E-state index in [1.807, 2.05) is 41.5 Å². The van der Waals surface area contributed by atoms with Gasteiger partial charge in [-0.05, 0) is 36.3 Å². The van der Waals surface area contributed by atoms with Crippen molar-refractivity contribution in [1.29, 1.82) is 0 Å². The van der Waals surface area contributed by atoms with Crippen LogP contribution in [-0.4, -0.2) is 30.6 Å². The average molecular weight is 486 g/mol. The van der Waals surface area contributed by atoms with Gasteiger partial charge in [-0.3, -0.25) is 0 Å². The van der Waals surface area contributed by atoms with Gasteiger partial charge < -0.3 is 15.2 Å². The lowest BCUT2D eigenvalue weighted by atomic mass is 9.66. The summed E-state index contributed by atoms with van der Waals surface area (Å²) in [7, 11) is 1.24. The molecule has 0 aliphatic heterocycles. The van der Waals surface area contributed by atoms with E-state index in [1.165, 1.54) is 7.05 Å². The number of aliphatic hydroxyl groups excluding tert-OH is 1. The Balaban J connectivity index is 0. The molecule has 0 saturated heterocycles. The first-order valence-corrected chi connectivity index (χ1v) is 10.6. The smallest absolute Gasteiger partial charge is 0.412 e. The Bertz CT molecular complexity index is 739. The Labute approximate surface area is 191 Å². The zero-order valence-electron chi connectivity index (χ0n) is 19.9. The fourth-order valence-corrected chi connectivity index (χ4v) is 3.00. The van der Waals surface area contributed by atoms with Crippen molar-refractivity contribution >= 4 is 6.09 Å². The van der Waals surface area contributed by atoms with Gasteiger partial charge in [0.15, 0.2) is 5.41 Å². The van der Waals surface area contributed by atoms with E-state index in [2.05, 4.69) is 5.32 Å². The molecule has 2 rings (SSSR count). The summed E-state index contributed by atoms with van der Waals surface area (Å²) in [6.07, 6.45) is -10.5. The summed E-state index contributed by atoms with van der Waals surface area (Å²) in [5.74, 6) is -2.63. The molecule has 1 aromatic carbocycles. The molecule has 0 bridgehead atoms. The number of alkyl halides is 6. The number of nitrogens with one attached hydrogen (secondary N) is 1. The maximum Gasteiger partial charge on any atom is 0.412 e. The first-order chi connectivity index (χ1) is 15.4. The highest BCUT2D eigenvalue weighted by Gasteiger charge is 2.74. The molecule has 1 aliphatic carbocycles. The lowest BCUT2D eigenvalue weighted by molar-refractivity contribution is -0.314. The van der Waals surface area contributed by atoms with Crippen LogP contribution in [0.3, 0.4) is 0 Å². The predicted molar refractivity (Wildman–Crippen MR) is 117 cm³/mol. The second-order valence-corrected chi connectivity index (χ2v) is 5.80. The summed E-state index contributed by atoms with van der Waals surface area (Å²) in [6.45, 7) is 12.0. The monoisotopic (exact) mass is 485 g/mol. The van der Waals surface area contributed by atoms with Gasteiger partial charge in [0.2, 0.25) is 0 Å². The average Bonchev–Trinajstić information content (AvgIpc) is 2.79. The highest BCUT2D eigenvalue weighted by atomic mass is 19.4. The van der Waals surface area contributed by atoms with Gasteiger partial charge in [0.25, 0.3) is 0 Å². The van der Waals surface area contributed by atoms with Gasteiger partial charge in [0.1, 0.15) is 11.5 Å². The van der Waals surface area contributed by atoms with E-state index in [0.717, 1.165) is 24.3 Å². The first-order valence-electron chi connectivity index (χ1n) is 10.6. The molecule has 0 saturated carbocycles. The van der Waals surface area contributed by atoms with E-state index < -0.39 is 47.5 Å². The zero-order valence-corrected chi connectivity index (χ0v) is 19.9. The number of ether oxygens (including phenoxy) is 1. The van der Waals surface area contributed by atoms with E-state index in [0.29, 0.717) is 18.2 Å². The second-order valence-electron chi connectivity index (χ2n) is 5.80. The van der Waals surface area contributed by atoms with Gasteiger partial charge in [-0.2, -0.15) is 26.3 Å². The normalized spacial score (nSPS) is 15.3. The third-order valence-corrected chi connectivity index (χ3v) is 4.26. The van der Waals surface area contributed by atoms with Gasteiger partial charge in [0, 0.05) is 13.0 Å². The standard InChI is InChI=1S/C17H15F6NO3.3C2H6/c1-24-14(26)27-13-8-4-11(5-9-13)15(16(18,19)20,17(21,22)23)10-2-6-12(25)7-3-10;3*1-2/h2,4-10,25H,3H2,1H3,(H,24,26);3*1-2H3. The highest BCUT2D eigenvalue weighted by Crippen LogP contribution is 2.58. The number of hydrogen-bond donors (Lipinski definition) is 2. The number of carbonyl (C=O) groups excluding carboxylic acids is 1. The molecule has 1 amide bonds. The van der Waals surface area contributed by atoms with Crippen LogP contribution < -0.4 is 10.1 Å². The van der Waals surface area contributed by atoms with E-state index in [-0.39, 0.29) is 5.75 Å². The van der Waals surface area contributed by atoms with E-state index >= 15 is 0 Å². The topological polar surface area (TPSA) is 58.6 Å². The molecule has 10 heteroatoms. The molecule has 4 nitrogen and oxygen atoms in total. The van der Waals surface area contributed by atoms with Crippen LogP contribution in [0, 0.1) is 5.92 Å². The Morgan fingerprint density at radius 3 is 1.73 bits per heavy atom. The van der Waals surface area contributed by atoms with E-state index in [9.17, 15) is 36.2 Å². The second kappa shape index (κ2) is 14.5. The largest absolute Gasteiger partial charge is 0.508 e. The van der Waals surface area contributed by atoms with Crippen molar-refractivity contribution in [1.82, 2.24) is 5.32 Å². The van der Waals surface area contributed by atoms with Crippen molar-refractivity contribution < 1.29 is 41.0 Å². The molecular weight excluding hydrogens is 452 g/mol. The van der Waals surface area contributed by atoms with Crippen molar-refractivity contribution in [2.45, 2.75) is 65.7 Å². The fraction of sp³-hybridized carbons (Fsp3) is 0.522. The zero-order chi connectivity index (χ0) is 26.5. The van der Waals surface area contributed by atoms with Gasteiger partial charge in [-0.1, -0.05) is 59.8 Å². The van der Waals surface area contributed by atoms with Gasteiger partial charge in [0.05, 0.1) is 0 Å². The van der Waals surface area contributed by atoms with Crippen LogP contribution in [0.2, 0.25) is 0 Å². The van der Waals surface area contributed by atoms with Gasteiger partial charge in [-0.25, -0.2) is 4.79 Å². The van der Waals surface area contributed by atoms with Crippen LogP contribution in [0.15, 0.2) is 48.3 Å². The minimum atomic E-state index is -5.68. The summed E-state index contributed by atoms with van der Waals surface area (Å²) < 4.78 is 87.9. The maximum absolute atomic E-state index is 13.9. The summed E-state index contributed by atoms with van der Waals surface area (Å²) in [5, 5.41) is 11.4. The van der Waals surface area contributed by atoms with Crippen molar-refractivity contribution in [3.8, 4) is 5.75 Å². The van der Waals surface area contributed by atoms with E-state index in [1.54, 1.807) is 0 Å². The molecule has 33 heavy (non-hydrogen) atoms. The highest BCUT2D eigenvalue weighted by molar-refractivity contribution is 5.69. The minimum Gasteiger partial charge on any atom is -0.508 e. The molecule has 0 radical (unpaired) electrons. The molecule has 1 aromatic rings. The lowest BCUT2D eigenvalue weighted by Crippen LogP contribution is -2.58. The van der Waals surface area contributed by atoms with Crippen molar-refractivity contribution in [2.75, 3.05) is 7.05 Å². The Hall–Kier alpha value is -2.65. The summed E-state index contributed by atoms with van der Waals surface area (Å²) >= 11 is 0. The van der Waals surface area contributed by atoms with Crippen LogP contribution in [0.4, 0.5) is 31.1 Å². The molecule has 2 N–H and O–H groups in total. The number of amides is 1. The van der Waals surface area contributed by atoms with Gasteiger partial charge >= 0.3 is 18.4 Å². The van der Waals surface area contributed by atoms with Crippen LogP contribution in [0.1, 0.15) is 53.5 Å². The van der Waals surface area contributed by atoms with Crippen molar-refractivity contribution in [2.24, 2.45) is 5.92 Å². The molecule has 1 aliphatic rings. The third kappa shape index (κ3) is 7.71. The number of benzene rings is 1. The molecule has 0 fully saturated rings. The Morgan fingerprint density at radius 2 is 1.39 bits per heavy atom. The third-order valence-electron chi connectivity index (χ3n) is 4.26. The number of aliphatic hydroxyl groups is 1. The molecule has 1 unspecified atom stereocenters. The number of rotatable bonds is 3. The molecule has 0 heterocycles. The SMILES string of the molecule is CC.CC.CC.CNC(=O)Oc1ccc(C(C2C=CC(O)=CC2)(C(F)(F)F)C(F)(F)F)cc1. The molecular formula is C23H33F6NO3. The summed E-state index contributed by atoms with van der Waals surface area (Å²) in [5.41, 5.74) is -5.24. The number of allylic oxidation sites excluding steroid dienone is 3. The van der Waals surface area contributed by atoms with Crippen LogP contribution in [0.5, 0.6) is 5.75 Å². The molecule has 0 spiro atoms. The van der Waals surface area contributed by atoms with Crippen LogP contribution in [0.25, 0.3) is 0 Å². The number of carbonyl (C=O) groups is 1. The first kappa shape index (κ1) is 32.5. The summed E-state index contributed by atoms with van der Waals surface area (Å²) in [4.78, 5) is 11.1.